The van der Waals surface area contributed by atoms with Crippen LogP contribution in [0.3, 0.4) is 0 Å². The minimum absolute atomic E-state index is 0.0539. The second kappa shape index (κ2) is 3.73. The van der Waals surface area contributed by atoms with Crippen LogP contribution in [0.5, 0.6) is 11.5 Å². The van der Waals surface area contributed by atoms with Gasteiger partial charge < -0.3 is 15.1 Å². The van der Waals surface area contributed by atoms with Crippen LogP contribution < -0.4 is 14.6 Å². The van der Waals surface area contributed by atoms with E-state index >= 15 is 0 Å². The molecule has 0 fully saturated rings. The van der Waals surface area contributed by atoms with Crippen LogP contribution in [0, 0.1) is 5.21 Å². The lowest BCUT2D eigenvalue weighted by Crippen LogP contribution is -2.29. The van der Waals surface area contributed by atoms with Gasteiger partial charge in [0.25, 0.3) is 0 Å². The minimum atomic E-state index is -0.334. The van der Waals surface area contributed by atoms with Crippen LogP contribution in [0.25, 0.3) is 22.1 Å². The smallest absolute Gasteiger partial charge is 0.246 e. The summed E-state index contributed by atoms with van der Waals surface area (Å²) in [6, 6.07) is 9.60. The molecule has 0 bridgehead atoms. The quantitative estimate of drug-likeness (QED) is 0.363. The average Bonchev–Trinajstić information content (AvgIpc) is 2.38. The molecule has 1 aromatic heterocycles. The van der Waals surface area contributed by atoms with Crippen LogP contribution in [-0.2, 0) is 0 Å². The molecule has 90 valence electrons. The Labute approximate surface area is 102 Å². The highest BCUT2D eigenvalue weighted by Crippen LogP contribution is 2.25. The first-order chi connectivity index (χ1) is 8.72. The van der Waals surface area contributed by atoms with E-state index in [9.17, 15) is 10.3 Å². The molecular weight excluding hydrogens is 232 g/mol. The van der Waals surface area contributed by atoms with Gasteiger partial charge in [0.15, 0.2) is 11.3 Å². The third kappa shape index (κ3) is 1.34. The van der Waals surface area contributed by atoms with Gasteiger partial charge in [-0.15, -0.1) is 0 Å². The predicted octanol–water partition coefficient (Wildman–Crippen LogP) is 1.10. The highest BCUT2D eigenvalue weighted by molar-refractivity contribution is 5.87. The number of rotatable bonds is 1. The molecule has 0 aliphatic carbocycles. The van der Waals surface area contributed by atoms with Gasteiger partial charge in [-0.1, -0.05) is 18.2 Å². The highest BCUT2D eigenvalue weighted by atomic mass is 16.5. The molecule has 5 heteroatoms. The average molecular weight is 241 g/mol. The molecular formula is C13H9N2O3-. The zero-order valence-electron chi connectivity index (χ0n) is 9.58. The number of nitrogens with zero attached hydrogens (tertiary/aromatic N) is 2. The van der Waals surface area contributed by atoms with E-state index in [0.29, 0.717) is 27.0 Å². The maximum atomic E-state index is 12.2. The largest absolute Gasteiger partial charge is 0.868 e. The standard InChI is InChI=1S/C13H10N2O3/c1-18-11-7-3-5-9-12(11)14-8-4-2-6-10(16)13(8)15(9)17/h2-7,16H,1H3/p-1. The zero-order chi connectivity index (χ0) is 12.7. The molecule has 0 spiro atoms. The van der Waals surface area contributed by atoms with Crippen molar-refractivity contribution in [1.82, 2.24) is 4.98 Å². The van der Waals surface area contributed by atoms with Crippen molar-refractivity contribution >= 4 is 22.1 Å². The van der Waals surface area contributed by atoms with Gasteiger partial charge in [0.2, 0.25) is 11.0 Å². The Morgan fingerprint density at radius 3 is 2.72 bits per heavy atom. The molecule has 0 amide bonds. The van der Waals surface area contributed by atoms with E-state index in [0.717, 1.165) is 0 Å². The third-order valence-electron chi connectivity index (χ3n) is 2.83. The molecule has 2 aromatic carbocycles. The summed E-state index contributed by atoms with van der Waals surface area (Å²) in [6.07, 6.45) is 0. The first-order valence-corrected chi connectivity index (χ1v) is 5.38. The first kappa shape index (κ1) is 10.6. The number of methoxy groups -OCH3 is 1. The molecule has 0 atom stereocenters. The van der Waals surface area contributed by atoms with E-state index in [1.807, 2.05) is 0 Å². The number of fused-ring (bicyclic) bond motifs is 2. The van der Waals surface area contributed by atoms with Gasteiger partial charge in [-0.3, -0.25) is 0 Å². The molecule has 18 heavy (non-hydrogen) atoms. The fourth-order valence-corrected chi connectivity index (χ4v) is 2.00. The van der Waals surface area contributed by atoms with Crippen LogP contribution in [0.1, 0.15) is 0 Å². The van der Waals surface area contributed by atoms with Crippen molar-refractivity contribution in [3.8, 4) is 11.5 Å². The molecule has 0 unspecified atom stereocenters. The number of para-hydroxylation sites is 2. The Morgan fingerprint density at radius 2 is 1.94 bits per heavy atom. The van der Waals surface area contributed by atoms with Crippen molar-refractivity contribution in [2.75, 3.05) is 7.11 Å². The fraction of sp³-hybridized carbons (Fsp3) is 0.0769. The molecule has 0 aliphatic rings. The Hall–Kier alpha value is -2.56. The summed E-state index contributed by atoms with van der Waals surface area (Å²) in [5.74, 6) is 0.176. The summed E-state index contributed by atoms with van der Waals surface area (Å²) in [6.45, 7) is 0. The molecule has 3 rings (SSSR count). The summed E-state index contributed by atoms with van der Waals surface area (Å²) >= 11 is 0. The molecule has 5 nitrogen and oxygen atoms in total. The van der Waals surface area contributed by atoms with Gasteiger partial charge in [-0.25, -0.2) is 4.98 Å². The monoisotopic (exact) mass is 241 g/mol. The van der Waals surface area contributed by atoms with Crippen LogP contribution in [0.2, 0.25) is 0 Å². The Kier molecular flexibility index (Phi) is 2.19. The number of aromatic nitrogens is 2. The lowest BCUT2D eigenvalue weighted by molar-refractivity contribution is -0.551. The van der Waals surface area contributed by atoms with Crippen LogP contribution in [0.4, 0.5) is 0 Å². The summed E-state index contributed by atoms with van der Waals surface area (Å²) < 4.78 is 5.78. The number of ether oxygens (including phenoxy) is 1. The second-order valence-electron chi connectivity index (χ2n) is 3.86. The maximum absolute atomic E-state index is 12.2. The Balaban J connectivity index is 2.56. The normalized spacial score (nSPS) is 10.9. The second-order valence-corrected chi connectivity index (χ2v) is 3.86. The lowest BCUT2D eigenvalue weighted by atomic mass is 10.2. The van der Waals surface area contributed by atoms with E-state index in [-0.39, 0.29) is 11.3 Å². The topological polar surface area (TPSA) is 72.1 Å². The molecule has 0 radical (unpaired) electrons. The van der Waals surface area contributed by atoms with Crippen LogP contribution in [-0.4, -0.2) is 12.1 Å². The van der Waals surface area contributed by atoms with Crippen molar-refractivity contribution < 1.29 is 14.6 Å². The van der Waals surface area contributed by atoms with Crippen LogP contribution >= 0.6 is 0 Å². The maximum Gasteiger partial charge on any atom is 0.246 e. The minimum Gasteiger partial charge on any atom is -0.868 e. The number of benzene rings is 2. The van der Waals surface area contributed by atoms with E-state index in [1.54, 1.807) is 30.3 Å². The summed E-state index contributed by atoms with van der Waals surface area (Å²) in [7, 11) is 1.51. The third-order valence-corrected chi connectivity index (χ3v) is 2.83. The fourth-order valence-electron chi connectivity index (χ4n) is 2.00. The Morgan fingerprint density at radius 1 is 1.17 bits per heavy atom. The van der Waals surface area contributed by atoms with Crippen LogP contribution in [0.15, 0.2) is 36.4 Å². The van der Waals surface area contributed by atoms with Gasteiger partial charge in [0, 0.05) is 6.07 Å². The lowest BCUT2D eigenvalue weighted by Gasteiger charge is -2.12. The zero-order valence-corrected chi connectivity index (χ0v) is 9.58. The predicted molar refractivity (Wildman–Crippen MR) is 64.2 cm³/mol. The van der Waals surface area contributed by atoms with E-state index in [4.69, 9.17) is 4.74 Å². The molecule has 3 aromatic rings. The van der Waals surface area contributed by atoms with E-state index < -0.39 is 0 Å². The highest BCUT2D eigenvalue weighted by Gasteiger charge is 2.15. The van der Waals surface area contributed by atoms with Crippen molar-refractivity contribution in [2.45, 2.75) is 0 Å². The van der Waals surface area contributed by atoms with Gasteiger partial charge >= 0.3 is 0 Å². The van der Waals surface area contributed by atoms with Gasteiger partial charge in [-0.2, -0.15) is 4.73 Å². The molecule has 0 saturated heterocycles. The summed E-state index contributed by atoms with van der Waals surface area (Å²) in [4.78, 5) is 4.32. The first-order valence-electron chi connectivity index (χ1n) is 5.38. The Bertz CT molecular complexity index is 756. The van der Waals surface area contributed by atoms with Gasteiger partial charge in [-0.05, 0) is 17.9 Å². The van der Waals surface area contributed by atoms with Crippen molar-refractivity contribution in [3.05, 3.63) is 41.6 Å². The number of hydrogen-bond acceptors (Lipinski definition) is 4. The molecule has 1 heterocycles. The van der Waals surface area contributed by atoms with Crippen molar-refractivity contribution in [2.24, 2.45) is 0 Å². The molecule has 0 aliphatic heterocycles. The van der Waals surface area contributed by atoms with Crippen molar-refractivity contribution in [3.63, 3.8) is 0 Å². The summed E-state index contributed by atoms with van der Waals surface area (Å²) in [5, 5.41) is 23.9. The molecule has 0 saturated carbocycles. The number of hydrogen-bond donors (Lipinski definition) is 0. The summed E-state index contributed by atoms with van der Waals surface area (Å²) in [5.41, 5.74) is 1.20. The van der Waals surface area contributed by atoms with E-state index in [2.05, 4.69) is 4.98 Å². The van der Waals surface area contributed by atoms with Crippen molar-refractivity contribution in [1.29, 1.82) is 0 Å². The van der Waals surface area contributed by atoms with Gasteiger partial charge in [0.05, 0.1) is 7.11 Å². The van der Waals surface area contributed by atoms with Gasteiger partial charge in [0.1, 0.15) is 5.52 Å². The van der Waals surface area contributed by atoms with E-state index in [1.165, 1.54) is 13.2 Å². The SMILES string of the molecule is COc1cccc2c1nc1cccc([O-])c1[n+]2[O-]. The molecule has 0 N–H and O–H groups in total.